The Hall–Kier alpha value is -0.990. The van der Waals surface area contributed by atoms with E-state index in [0.717, 1.165) is 5.54 Å². The first-order chi connectivity index (χ1) is 6.24. The van der Waals surface area contributed by atoms with Crippen LogP contribution in [0.1, 0.15) is 0 Å². The number of halogens is 2. The monoisotopic (exact) mass is 215 g/mol. The topological polar surface area (TPSA) is 29.1 Å². The number of hydrogen-bond acceptors (Lipinski definition) is 1. The number of anilines is 1. The number of amides is 1. The van der Waals surface area contributed by atoms with Crippen molar-refractivity contribution in [2.75, 3.05) is 5.32 Å². The normalized spacial score (nSPS) is 11.1. The average Bonchev–Trinajstić information content (AvgIpc) is 2.18. The lowest BCUT2D eigenvalue weighted by molar-refractivity contribution is -0.112. The van der Waals surface area contributed by atoms with Gasteiger partial charge in [-0.2, -0.15) is 0 Å². The smallest absolute Gasteiger partial charge is 0.268 e. The summed E-state index contributed by atoms with van der Waals surface area (Å²) in [5.74, 6) is -0.414. The quantitative estimate of drug-likeness (QED) is 0.756. The molecular weight excluding hydrogens is 209 g/mol. The third kappa shape index (κ3) is 3.09. The molecule has 0 radical (unpaired) electrons. The Balaban J connectivity index is 2.66. The van der Waals surface area contributed by atoms with Crippen LogP contribution in [-0.4, -0.2) is 5.91 Å². The van der Waals surface area contributed by atoms with Gasteiger partial charge in [-0.1, -0.05) is 41.4 Å². The maximum absolute atomic E-state index is 11.1. The lowest BCUT2D eigenvalue weighted by Crippen LogP contribution is -2.10. The zero-order valence-corrected chi connectivity index (χ0v) is 8.14. The molecular formula is C9H7Cl2NO. The minimum Gasteiger partial charge on any atom is -0.321 e. The first kappa shape index (κ1) is 10.1. The highest BCUT2D eigenvalue weighted by Crippen LogP contribution is 2.10. The summed E-state index contributed by atoms with van der Waals surface area (Å²) < 4.78 is 0. The van der Waals surface area contributed by atoms with E-state index in [1.54, 1.807) is 12.1 Å². The molecule has 0 atom stereocenters. The molecule has 4 heteroatoms. The number of carbonyl (C=O) groups excluding carboxylic acids is 1. The molecule has 0 aliphatic heterocycles. The van der Waals surface area contributed by atoms with Crippen molar-refractivity contribution >= 4 is 34.8 Å². The van der Waals surface area contributed by atoms with Crippen molar-refractivity contribution in [1.82, 2.24) is 0 Å². The summed E-state index contributed by atoms with van der Waals surface area (Å²) in [7, 11) is 0. The minimum absolute atomic E-state index is 0.0366. The predicted octanol–water partition coefficient (Wildman–Crippen LogP) is 2.94. The molecule has 0 heterocycles. The van der Waals surface area contributed by atoms with Gasteiger partial charge in [0.1, 0.15) is 5.03 Å². The molecule has 0 bridgehead atoms. The standard InChI is InChI=1S/C9H7Cl2NO/c10-6-8(11)9(13)12-7-4-2-1-3-5-7/h1-6H,(H,12,13). The molecule has 2 nitrogen and oxygen atoms in total. The fraction of sp³-hybridized carbons (Fsp3) is 0. The number of benzene rings is 1. The second kappa shape index (κ2) is 4.90. The van der Waals surface area contributed by atoms with Crippen molar-refractivity contribution in [3.63, 3.8) is 0 Å². The summed E-state index contributed by atoms with van der Waals surface area (Å²) in [6.45, 7) is 0. The average molecular weight is 216 g/mol. The van der Waals surface area contributed by atoms with Crippen molar-refractivity contribution in [1.29, 1.82) is 0 Å². The van der Waals surface area contributed by atoms with Crippen LogP contribution in [0, 0.1) is 0 Å². The van der Waals surface area contributed by atoms with Gasteiger partial charge in [0.05, 0.1) is 0 Å². The van der Waals surface area contributed by atoms with E-state index in [-0.39, 0.29) is 5.03 Å². The van der Waals surface area contributed by atoms with Crippen molar-refractivity contribution < 1.29 is 4.79 Å². The number of hydrogen-bond donors (Lipinski definition) is 1. The van der Waals surface area contributed by atoms with E-state index in [1.165, 1.54) is 0 Å². The first-order valence-electron chi connectivity index (χ1n) is 3.56. The highest BCUT2D eigenvalue weighted by atomic mass is 35.5. The van der Waals surface area contributed by atoms with Gasteiger partial charge in [-0.25, -0.2) is 0 Å². The lowest BCUT2D eigenvalue weighted by Gasteiger charge is -2.01. The maximum atomic E-state index is 11.1. The molecule has 13 heavy (non-hydrogen) atoms. The minimum atomic E-state index is -0.414. The summed E-state index contributed by atoms with van der Waals surface area (Å²) in [5, 5.41) is 2.53. The van der Waals surface area contributed by atoms with Crippen LogP contribution in [0.15, 0.2) is 40.9 Å². The second-order valence-electron chi connectivity index (χ2n) is 2.28. The van der Waals surface area contributed by atoms with Crippen molar-refractivity contribution in [2.45, 2.75) is 0 Å². The molecule has 0 fully saturated rings. The van der Waals surface area contributed by atoms with Gasteiger partial charge in [0.15, 0.2) is 0 Å². The molecule has 1 aromatic carbocycles. The highest BCUT2D eigenvalue weighted by molar-refractivity contribution is 6.47. The van der Waals surface area contributed by atoms with Gasteiger partial charge in [-0.3, -0.25) is 4.79 Å². The summed E-state index contributed by atoms with van der Waals surface area (Å²) in [4.78, 5) is 11.1. The van der Waals surface area contributed by atoms with Gasteiger partial charge >= 0.3 is 0 Å². The van der Waals surface area contributed by atoms with Crippen LogP contribution in [0.4, 0.5) is 5.69 Å². The first-order valence-corrected chi connectivity index (χ1v) is 4.38. The molecule has 0 saturated heterocycles. The van der Waals surface area contributed by atoms with E-state index in [9.17, 15) is 4.79 Å². The Kier molecular flexibility index (Phi) is 3.80. The van der Waals surface area contributed by atoms with Crippen molar-refractivity contribution in [2.24, 2.45) is 0 Å². The largest absolute Gasteiger partial charge is 0.321 e. The van der Waals surface area contributed by atoms with Crippen LogP contribution in [-0.2, 0) is 4.79 Å². The van der Waals surface area contributed by atoms with Crippen LogP contribution in [0.5, 0.6) is 0 Å². The fourth-order valence-corrected chi connectivity index (χ4v) is 0.908. The summed E-state index contributed by atoms with van der Waals surface area (Å²) in [6, 6.07) is 9.00. The lowest BCUT2D eigenvalue weighted by atomic mass is 10.3. The van der Waals surface area contributed by atoms with E-state index < -0.39 is 5.91 Å². The van der Waals surface area contributed by atoms with Gasteiger partial charge in [-0.15, -0.1) is 0 Å². The van der Waals surface area contributed by atoms with Gasteiger partial charge in [0.2, 0.25) is 0 Å². The molecule has 0 saturated carbocycles. The number of nitrogens with one attached hydrogen (secondary N) is 1. The Bertz CT molecular complexity index is 322. The molecule has 0 aliphatic carbocycles. The van der Waals surface area contributed by atoms with E-state index in [4.69, 9.17) is 23.2 Å². The van der Waals surface area contributed by atoms with E-state index in [0.29, 0.717) is 5.69 Å². The van der Waals surface area contributed by atoms with Crippen molar-refractivity contribution in [3.8, 4) is 0 Å². The molecule has 68 valence electrons. The SMILES string of the molecule is O=C(Nc1ccccc1)C(Cl)=CCl. The van der Waals surface area contributed by atoms with E-state index in [1.807, 2.05) is 18.2 Å². The van der Waals surface area contributed by atoms with Gasteiger partial charge in [-0.05, 0) is 12.1 Å². The van der Waals surface area contributed by atoms with Gasteiger partial charge in [0.25, 0.3) is 5.91 Å². The molecule has 1 rings (SSSR count). The Labute approximate surface area is 86.2 Å². The van der Waals surface area contributed by atoms with Crippen LogP contribution < -0.4 is 5.32 Å². The molecule has 0 aromatic heterocycles. The third-order valence-electron chi connectivity index (χ3n) is 1.34. The molecule has 1 aromatic rings. The van der Waals surface area contributed by atoms with E-state index in [2.05, 4.69) is 5.32 Å². The van der Waals surface area contributed by atoms with Crippen LogP contribution >= 0.6 is 23.2 Å². The Morgan fingerprint density at radius 2 is 1.92 bits per heavy atom. The molecule has 0 spiro atoms. The number of carbonyl (C=O) groups is 1. The third-order valence-corrected chi connectivity index (χ3v) is 1.96. The Morgan fingerprint density at radius 3 is 2.46 bits per heavy atom. The van der Waals surface area contributed by atoms with Gasteiger partial charge in [0, 0.05) is 11.2 Å². The fourth-order valence-electron chi connectivity index (χ4n) is 0.762. The molecule has 1 amide bonds. The summed E-state index contributed by atoms with van der Waals surface area (Å²) in [6.07, 6.45) is 0. The predicted molar refractivity (Wildman–Crippen MR) is 54.9 cm³/mol. The number of rotatable bonds is 2. The zero-order chi connectivity index (χ0) is 9.68. The molecule has 1 N–H and O–H groups in total. The molecule has 0 unspecified atom stereocenters. The highest BCUT2D eigenvalue weighted by Gasteiger charge is 2.04. The van der Waals surface area contributed by atoms with Crippen LogP contribution in [0.25, 0.3) is 0 Å². The van der Waals surface area contributed by atoms with Crippen molar-refractivity contribution in [3.05, 3.63) is 40.9 Å². The zero-order valence-electron chi connectivity index (χ0n) is 6.63. The van der Waals surface area contributed by atoms with Gasteiger partial charge < -0.3 is 5.32 Å². The Morgan fingerprint density at radius 1 is 1.31 bits per heavy atom. The van der Waals surface area contributed by atoms with Crippen LogP contribution in [0.3, 0.4) is 0 Å². The maximum Gasteiger partial charge on any atom is 0.268 e. The van der Waals surface area contributed by atoms with Crippen LogP contribution in [0.2, 0.25) is 0 Å². The van der Waals surface area contributed by atoms with E-state index >= 15 is 0 Å². The summed E-state index contributed by atoms with van der Waals surface area (Å²) >= 11 is 10.7. The molecule has 0 aliphatic rings. The second-order valence-corrected chi connectivity index (χ2v) is 2.90. The number of para-hydroxylation sites is 1. The summed E-state index contributed by atoms with van der Waals surface area (Å²) in [5.41, 5.74) is 1.71.